The number of carboxylic acid groups (broad SMARTS) is 1. The third-order valence-corrected chi connectivity index (χ3v) is 7.78. The van der Waals surface area contributed by atoms with Crippen LogP contribution < -0.4 is 24.8 Å². The molecular weight excluding hydrogens is 588 g/mol. The lowest BCUT2D eigenvalue weighted by Crippen LogP contribution is -2.42. The second-order valence-corrected chi connectivity index (χ2v) is 11.5. The van der Waals surface area contributed by atoms with E-state index in [1.807, 2.05) is 0 Å². The molecule has 1 aliphatic carbocycles. The topological polar surface area (TPSA) is 140 Å². The van der Waals surface area contributed by atoms with Gasteiger partial charge in [0, 0.05) is 23.6 Å². The molecule has 3 N–H and O–H groups in total. The van der Waals surface area contributed by atoms with Crippen LogP contribution in [0.5, 0.6) is 17.2 Å². The van der Waals surface area contributed by atoms with Crippen molar-refractivity contribution in [3.63, 3.8) is 0 Å². The number of unbranched alkanes of at least 4 members (excludes halogenated alkanes) is 4. The molecule has 10 heteroatoms. The first-order valence-corrected chi connectivity index (χ1v) is 15.8. The summed E-state index contributed by atoms with van der Waals surface area (Å²) in [6.07, 6.45) is 7.37. The predicted octanol–water partition coefficient (Wildman–Crippen LogP) is 6.35. The Morgan fingerprint density at radius 3 is 2.33 bits per heavy atom. The molecule has 1 atom stereocenters. The summed E-state index contributed by atoms with van der Waals surface area (Å²) >= 11 is 0. The minimum atomic E-state index is -1.26. The van der Waals surface area contributed by atoms with Gasteiger partial charge in [0.25, 0.3) is 5.91 Å². The van der Waals surface area contributed by atoms with Crippen molar-refractivity contribution in [1.29, 1.82) is 0 Å². The highest BCUT2D eigenvalue weighted by molar-refractivity contribution is 6.00. The second-order valence-electron chi connectivity index (χ2n) is 11.5. The van der Waals surface area contributed by atoms with E-state index >= 15 is 0 Å². The van der Waals surface area contributed by atoms with Crippen LogP contribution in [0.25, 0.3) is 0 Å². The summed E-state index contributed by atoms with van der Waals surface area (Å²) in [5, 5.41) is 15.3. The number of aliphatic carboxylic acids is 1. The summed E-state index contributed by atoms with van der Waals surface area (Å²) in [4.78, 5) is 50.3. The Balaban J connectivity index is 1.36. The van der Waals surface area contributed by atoms with E-state index in [9.17, 15) is 24.3 Å². The van der Waals surface area contributed by atoms with Gasteiger partial charge in [-0.15, -0.1) is 0 Å². The molecule has 1 saturated carbocycles. The number of nitrogens with one attached hydrogen (secondary N) is 2. The zero-order valence-corrected chi connectivity index (χ0v) is 26.6. The lowest BCUT2D eigenvalue weighted by molar-refractivity contribution is -0.139. The van der Waals surface area contributed by atoms with Crippen molar-refractivity contribution in [1.82, 2.24) is 5.32 Å². The molecule has 46 heavy (non-hydrogen) atoms. The highest BCUT2D eigenvalue weighted by Gasteiger charge is 2.30. The van der Waals surface area contributed by atoms with Crippen molar-refractivity contribution >= 4 is 29.4 Å². The first kappa shape index (κ1) is 34.0. The first-order chi connectivity index (χ1) is 22.2. The van der Waals surface area contributed by atoms with Gasteiger partial charge in [0.05, 0.1) is 19.3 Å². The van der Waals surface area contributed by atoms with Gasteiger partial charge in [-0.25, -0.2) is 9.59 Å². The minimum absolute atomic E-state index is 0.00283. The Kier molecular flexibility index (Phi) is 12.2. The maximum absolute atomic E-state index is 13.1. The minimum Gasteiger partial charge on any atom is -0.494 e. The van der Waals surface area contributed by atoms with Crippen molar-refractivity contribution in [3.8, 4) is 17.2 Å². The monoisotopic (exact) mass is 630 g/mol. The van der Waals surface area contributed by atoms with Gasteiger partial charge in [-0.3, -0.25) is 9.59 Å². The average Bonchev–Trinajstić information content (AvgIpc) is 3.90. The van der Waals surface area contributed by atoms with Gasteiger partial charge in [-0.2, -0.15) is 0 Å². The molecular formula is C36H42N2O8. The Hall–Kier alpha value is -4.86. The van der Waals surface area contributed by atoms with Crippen molar-refractivity contribution in [2.45, 2.75) is 71.3 Å². The number of anilines is 1. The molecule has 244 valence electrons. The van der Waals surface area contributed by atoms with Crippen LogP contribution in [0.2, 0.25) is 0 Å². The molecule has 0 aliphatic heterocycles. The van der Waals surface area contributed by atoms with Crippen LogP contribution >= 0.6 is 0 Å². The van der Waals surface area contributed by atoms with Gasteiger partial charge < -0.3 is 30.0 Å². The van der Waals surface area contributed by atoms with E-state index in [0.29, 0.717) is 34.7 Å². The van der Waals surface area contributed by atoms with Crippen LogP contribution in [-0.4, -0.2) is 48.6 Å². The molecule has 10 nitrogen and oxygen atoms in total. The van der Waals surface area contributed by atoms with E-state index in [1.54, 1.807) is 61.5 Å². The fourth-order valence-electron chi connectivity index (χ4n) is 4.87. The predicted molar refractivity (Wildman–Crippen MR) is 174 cm³/mol. The summed E-state index contributed by atoms with van der Waals surface area (Å²) in [7, 11) is 1.42. The van der Waals surface area contributed by atoms with Crippen LogP contribution in [-0.2, 0) is 16.0 Å². The number of ether oxygens (including phenoxy) is 3. The number of methoxy groups -OCH3 is 1. The molecule has 1 aliphatic rings. The number of carboxylic acids is 1. The number of hydrogen-bond donors (Lipinski definition) is 3. The van der Waals surface area contributed by atoms with Gasteiger partial charge in [0.15, 0.2) is 11.5 Å². The number of aryl methyl sites for hydroxylation is 1. The van der Waals surface area contributed by atoms with Gasteiger partial charge in [-0.05, 0) is 85.8 Å². The van der Waals surface area contributed by atoms with E-state index in [0.717, 1.165) is 25.7 Å². The molecule has 3 aromatic rings. The van der Waals surface area contributed by atoms with Crippen LogP contribution in [0.15, 0.2) is 60.7 Å². The zero-order valence-electron chi connectivity index (χ0n) is 26.6. The highest BCUT2D eigenvalue weighted by Crippen LogP contribution is 2.31. The van der Waals surface area contributed by atoms with Gasteiger partial charge in [0.1, 0.15) is 11.8 Å². The van der Waals surface area contributed by atoms with E-state index in [1.165, 1.54) is 32.4 Å². The fourth-order valence-corrected chi connectivity index (χ4v) is 4.87. The third kappa shape index (κ3) is 9.82. The van der Waals surface area contributed by atoms with Crippen LogP contribution in [0.4, 0.5) is 5.69 Å². The Bertz CT molecular complexity index is 1530. The van der Waals surface area contributed by atoms with E-state index in [-0.39, 0.29) is 35.3 Å². The third-order valence-electron chi connectivity index (χ3n) is 7.78. The second kappa shape index (κ2) is 16.5. The molecule has 0 aromatic heterocycles. The maximum atomic E-state index is 13.1. The molecule has 0 heterocycles. The van der Waals surface area contributed by atoms with Gasteiger partial charge in [-0.1, -0.05) is 44.7 Å². The van der Waals surface area contributed by atoms with Crippen molar-refractivity contribution < 1.29 is 38.5 Å². The molecule has 1 unspecified atom stereocenters. The Labute approximate surface area is 269 Å². The number of carbonyl (C=O) groups is 4. The van der Waals surface area contributed by atoms with Crippen LogP contribution in [0, 0.1) is 12.8 Å². The van der Waals surface area contributed by atoms with Crippen molar-refractivity contribution in [2.24, 2.45) is 5.92 Å². The zero-order chi connectivity index (χ0) is 33.1. The number of carbonyl (C=O) groups excluding carboxylic acids is 3. The molecule has 1 fully saturated rings. The number of esters is 1. The first-order valence-electron chi connectivity index (χ1n) is 15.8. The summed E-state index contributed by atoms with van der Waals surface area (Å²) in [5.41, 5.74) is 2.26. The summed E-state index contributed by atoms with van der Waals surface area (Å²) in [6, 6.07) is 15.1. The molecule has 2 amide bonds. The summed E-state index contributed by atoms with van der Waals surface area (Å²) in [6.45, 7) is 4.54. The lowest BCUT2D eigenvalue weighted by atomic mass is 10.0. The van der Waals surface area contributed by atoms with Gasteiger partial charge in [0.2, 0.25) is 5.91 Å². The molecule has 0 saturated heterocycles. The van der Waals surface area contributed by atoms with E-state index in [2.05, 4.69) is 17.6 Å². The standard InChI is InChI=1S/C36H42N2O8/c1-4-5-6-7-8-19-45-28-16-13-26(14-17-28)36(43)46-31-18-10-24(21-32(31)44-3)20-30(35(41)42)38-34(40)29-22-27(15-9-23(29)2)37-33(39)25-11-12-25/h9-10,13-18,21-22,25,30H,4-8,11-12,19-20H2,1-3H3,(H,37,39)(H,38,40)(H,41,42). The average molecular weight is 631 g/mol. The molecule has 0 spiro atoms. The summed E-state index contributed by atoms with van der Waals surface area (Å²) in [5.74, 6) is -1.39. The number of amides is 2. The molecule has 3 aromatic carbocycles. The SMILES string of the molecule is CCCCCCCOc1ccc(C(=O)Oc2ccc(CC(NC(=O)c3cc(NC(=O)C4CC4)ccc3C)C(=O)O)cc2OC)cc1. The molecule has 0 bridgehead atoms. The van der Waals surface area contributed by atoms with Crippen molar-refractivity contribution in [3.05, 3.63) is 82.9 Å². The van der Waals surface area contributed by atoms with Crippen LogP contribution in [0.1, 0.15) is 83.7 Å². The van der Waals surface area contributed by atoms with Gasteiger partial charge >= 0.3 is 11.9 Å². The number of rotatable bonds is 17. The quantitative estimate of drug-likeness (QED) is 0.0891. The molecule has 0 radical (unpaired) electrons. The normalized spacial score (nSPS) is 12.9. The number of benzene rings is 3. The van der Waals surface area contributed by atoms with Crippen molar-refractivity contribution in [2.75, 3.05) is 19.0 Å². The molecule has 4 rings (SSSR count). The smallest absolute Gasteiger partial charge is 0.343 e. The fraction of sp³-hybridized carbons (Fsp3) is 0.389. The summed E-state index contributed by atoms with van der Waals surface area (Å²) < 4.78 is 16.8. The largest absolute Gasteiger partial charge is 0.494 e. The lowest BCUT2D eigenvalue weighted by Gasteiger charge is -2.17. The van der Waals surface area contributed by atoms with Crippen LogP contribution in [0.3, 0.4) is 0 Å². The maximum Gasteiger partial charge on any atom is 0.343 e. The highest BCUT2D eigenvalue weighted by atomic mass is 16.6. The Morgan fingerprint density at radius 1 is 0.913 bits per heavy atom. The number of hydrogen-bond acceptors (Lipinski definition) is 7. The Morgan fingerprint density at radius 2 is 1.65 bits per heavy atom. The van der Waals surface area contributed by atoms with E-state index < -0.39 is 23.9 Å². The van der Waals surface area contributed by atoms with E-state index in [4.69, 9.17) is 14.2 Å².